The lowest BCUT2D eigenvalue weighted by molar-refractivity contribution is -0.140. The number of carbonyl (C=O) groups is 2. The summed E-state index contributed by atoms with van der Waals surface area (Å²) >= 11 is 6.27. The van der Waals surface area contributed by atoms with Crippen LogP contribution in [0, 0.1) is 0 Å². The first-order valence-electron chi connectivity index (χ1n) is 13.2. The minimum Gasteiger partial charge on any atom is -0.497 e. The molecule has 0 radical (unpaired) electrons. The molecule has 0 saturated heterocycles. The van der Waals surface area contributed by atoms with Crippen molar-refractivity contribution in [2.75, 3.05) is 25.1 Å². The highest BCUT2D eigenvalue weighted by Crippen LogP contribution is 2.35. The Labute approximate surface area is 247 Å². The zero-order chi connectivity index (χ0) is 30.2. The van der Waals surface area contributed by atoms with Gasteiger partial charge in [0.25, 0.3) is 10.0 Å². The number of nitrogens with one attached hydrogen (secondary N) is 1. The van der Waals surface area contributed by atoms with Crippen molar-refractivity contribution in [1.29, 1.82) is 0 Å². The number of sulfonamides is 1. The minimum absolute atomic E-state index is 0.0150. The maximum absolute atomic E-state index is 14.2. The molecule has 3 aromatic rings. The van der Waals surface area contributed by atoms with Crippen LogP contribution in [-0.4, -0.2) is 58.0 Å². The first-order chi connectivity index (χ1) is 19.5. The Balaban J connectivity index is 2.13. The Bertz CT molecular complexity index is 1450. The van der Waals surface area contributed by atoms with Crippen LogP contribution in [0.25, 0.3) is 0 Å². The van der Waals surface area contributed by atoms with E-state index in [9.17, 15) is 18.0 Å². The summed E-state index contributed by atoms with van der Waals surface area (Å²) < 4.78 is 39.8. The van der Waals surface area contributed by atoms with Gasteiger partial charge in [0.1, 0.15) is 24.1 Å². The molecular formula is C30H36ClN3O6S. The summed E-state index contributed by atoms with van der Waals surface area (Å²) in [5.41, 5.74) is 0.810. The fraction of sp³-hybridized carbons (Fsp3) is 0.333. The number of hydrogen-bond acceptors (Lipinski definition) is 6. The average molecular weight is 602 g/mol. The first-order valence-corrected chi connectivity index (χ1v) is 15.0. The van der Waals surface area contributed by atoms with Gasteiger partial charge in [-0.25, -0.2) is 8.42 Å². The molecule has 0 aliphatic carbocycles. The molecule has 3 rings (SSSR count). The van der Waals surface area contributed by atoms with Gasteiger partial charge in [-0.15, -0.1) is 0 Å². The molecule has 0 bridgehead atoms. The van der Waals surface area contributed by atoms with Gasteiger partial charge >= 0.3 is 0 Å². The van der Waals surface area contributed by atoms with Crippen LogP contribution in [0.3, 0.4) is 0 Å². The number of anilines is 1. The first kappa shape index (κ1) is 31.8. The fourth-order valence-corrected chi connectivity index (χ4v) is 5.96. The van der Waals surface area contributed by atoms with Crippen LogP contribution < -0.4 is 19.1 Å². The Morgan fingerprint density at radius 2 is 1.66 bits per heavy atom. The maximum atomic E-state index is 14.2. The van der Waals surface area contributed by atoms with Gasteiger partial charge in [-0.2, -0.15) is 0 Å². The predicted molar refractivity (Wildman–Crippen MR) is 160 cm³/mol. The SMILES string of the molecule is CCC(C(=O)NC(C)C)N(Cc1cccc(OC)c1)C(=O)CN(c1cc(Cl)ccc1OC)S(=O)(=O)c1ccccc1. The molecule has 1 atom stereocenters. The van der Waals surface area contributed by atoms with Crippen molar-refractivity contribution in [3.05, 3.63) is 83.4 Å². The third kappa shape index (κ3) is 7.92. The molecule has 0 spiro atoms. The highest BCUT2D eigenvalue weighted by Gasteiger charge is 2.35. The lowest BCUT2D eigenvalue weighted by Crippen LogP contribution is -2.53. The van der Waals surface area contributed by atoms with Crippen molar-refractivity contribution < 1.29 is 27.5 Å². The highest BCUT2D eigenvalue weighted by molar-refractivity contribution is 7.92. The number of methoxy groups -OCH3 is 2. The van der Waals surface area contributed by atoms with E-state index in [-0.39, 0.29) is 39.8 Å². The molecule has 9 nitrogen and oxygen atoms in total. The van der Waals surface area contributed by atoms with Crippen molar-refractivity contribution in [1.82, 2.24) is 10.2 Å². The number of amides is 2. The molecule has 3 aromatic carbocycles. The van der Waals surface area contributed by atoms with Crippen molar-refractivity contribution >= 4 is 39.1 Å². The van der Waals surface area contributed by atoms with E-state index in [1.54, 1.807) is 49.4 Å². The van der Waals surface area contributed by atoms with Gasteiger partial charge in [0.05, 0.1) is 24.8 Å². The largest absolute Gasteiger partial charge is 0.497 e. The smallest absolute Gasteiger partial charge is 0.264 e. The monoisotopic (exact) mass is 601 g/mol. The lowest BCUT2D eigenvalue weighted by atomic mass is 10.1. The zero-order valence-corrected chi connectivity index (χ0v) is 25.4. The maximum Gasteiger partial charge on any atom is 0.264 e. The van der Waals surface area contributed by atoms with E-state index in [1.165, 1.54) is 43.4 Å². The van der Waals surface area contributed by atoms with Gasteiger partial charge in [0, 0.05) is 17.6 Å². The number of halogens is 1. The van der Waals surface area contributed by atoms with Crippen LogP contribution in [0.2, 0.25) is 5.02 Å². The molecule has 0 fully saturated rings. The van der Waals surface area contributed by atoms with E-state index in [4.69, 9.17) is 21.1 Å². The standard InChI is InChI=1S/C30H36ClN3O6S/c1-6-26(30(36)32-21(2)3)33(19-22-11-10-12-24(17-22)39-4)29(35)20-34(27-18-23(31)15-16-28(27)40-5)41(37,38)25-13-8-7-9-14-25/h7-18,21,26H,6,19-20H2,1-5H3,(H,32,36). The quantitative estimate of drug-likeness (QED) is 0.299. The molecular weight excluding hydrogens is 566 g/mol. The van der Waals surface area contributed by atoms with E-state index < -0.39 is 28.5 Å². The van der Waals surface area contributed by atoms with Crippen LogP contribution in [0.5, 0.6) is 11.5 Å². The van der Waals surface area contributed by atoms with Crippen LogP contribution in [0.4, 0.5) is 5.69 Å². The molecule has 0 aliphatic rings. The van der Waals surface area contributed by atoms with Crippen molar-refractivity contribution in [3.8, 4) is 11.5 Å². The average Bonchev–Trinajstić information content (AvgIpc) is 2.95. The van der Waals surface area contributed by atoms with Crippen LogP contribution in [0.1, 0.15) is 32.8 Å². The van der Waals surface area contributed by atoms with Crippen LogP contribution in [-0.2, 0) is 26.2 Å². The number of hydrogen-bond donors (Lipinski definition) is 1. The summed E-state index contributed by atoms with van der Waals surface area (Å²) in [6, 6.07) is 18.5. The second kappa shape index (κ2) is 14.2. The van der Waals surface area contributed by atoms with E-state index >= 15 is 0 Å². The number of carbonyl (C=O) groups excluding carboxylic acids is 2. The summed E-state index contributed by atoms with van der Waals surface area (Å²) in [5, 5.41) is 3.14. The molecule has 0 aliphatic heterocycles. The number of nitrogens with zero attached hydrogens (tertiary/aromatic N) is 2. The predicted octanol–water partition coefficient (Wildman–Crippen LogP) is 4.88. The molecule has 41 heavy (non-hydrogen) atoms. The summed E-state index contributed by atoms with van der Waals surface area (Å²) in [7, 11) is -1.32. The third-order valence-electron chi connectivity index (χ3n) is 6.32. The second-order valence-corrected chi connectivity index (χ2v) is 11.9. The van der Waals surface area contributed by atoms with Gasteiger partial charge in [-0.1, -0.05) is 48.9 Å². The molecule has 0 saturated carbocycles. The Morgan fingerprint density at radius 3 is 2.27 bits per heavy atom. The minimum atomic E-state index is -4.26. The van der Waals surface area contributed by atoms with E-state index in [2.05, 4.69) is 5.32 Å². The van der Waals surface area contributed by atoms with Crippen molar-refractivity contribution in [2.24, 2.45) is 0 Å². The lowest BCUT2D eigenvalue weighted by Gasteiger charge is -2.34. The van der Waals surface area contributed by atoms with E-state index in [0.717, 1.165) is 4.31 Å². The summed E-state index contributed by atoms with van der Waals surface area (Å²) in [4.78, 5) is 28.8. The summed E-state index contributed by atoms with van der Waals surface area (Å²) in [6.45, 7) is 4.90. The highest BCUT2D eigenvalue weighted by atomic mass is 35.5. The molecule has 1 N–H and O–H groups in total. The summed E-state index contributed by atoms with van der Waals surface area (Å²) in [6.07, 6.45) is 0.306. The normalized spacial score (nSPS) is 12.0. The van der Waals surface area contributed by atoms with Gasteiger partial charge in [0.15, 0.2) is 0 Å². The van der Waals surface area contributed by atoms with Crippen LogP contribution >= 0.6 is 11.6 Å². The second-order valence-electron chi connectivity index (χ2n) is 9.60. The third-order valence-corrected chi connectivity index (χ3v) is 8.33. The van der Waals surface area contributed by atoms with E-state index in [1.807, 2.05) is 19.9 Å². The molecule has 11 heteroatoms. The fourth-order valence-electron chi connectivity index (χ4n) is 4.36. The van der Waals surface area contributed by atoms with Gasteiger partial charge in [-0.05, 0) is 68.3 Å². The zero-order valence-electron chi connectivity index (χ0n) is 23.8. The Hall–Kier alpha value is -3.76. The number of rotatable bonds is 13. The van der Waals surface area contributed by atoms with Gasteiger partial charge < -0.3 is 19.7 Å². The number of benzene rings is 3. The molecule has 0 heterocycles. The topological polar surface area (TPSA) is 105 Å². The van der Waals surface area contributed by atoms with Crippen molar-refractivity contribution in [3.63, 3.8) is 0 Å². The Morgan fingerprint density at radius 1 is 0.951 bits per heavy atom. The molecule has 220 valence electrons. The molecule has 1 unspecified atom stereocenters. The van der Waals surface area contributed by atoms with Crippen molar-refractivity contribution in [2.45, 2.75) is 50.7 Å². The summed E-state index contributed by atoms with van der Waals surface area (Å²) in [5.74, 6) is -0.117. The van der Waals surface area contributed by atoms with Crippen LogP contribution in [0.15, 0.2) is 77.7 Å². The van der Waals surface area contributed by atoms with E-state index in [0.29, 0.717) is 17.7 Å². The number of ether oxygens (including phenoxy) is 2. The van der Waals surface area contributed by atoms with Gasteiger partial charge in [0.2, 0.25) is 11.8 Å². The Kier molecular flexibility index (Phi) is 11.0. The molecule has 0 aromatic heterocycles. The van der Waals surface area contributed by atoms with Gasteiger partial charge in [-0.3, -0.25) is 13.9 Å². The molecule has 2 amide bonds.